The van der Waals surface area contributed by atoms with Crippen LogP contribution in [-0.2, 0) is 13.1 Å². The van der Waals surface area contributed by atoms with Crippen molar-refractivity contribution in [3.8, 4) is 6.07 Å². The van der Waals surface area contributed by atoms with Gasteiger partial charge in [0.25, 0.3) is 11.1 Å². The summed E-state index contributed by atoms with van der Waals surface area (Å²) < 4.78 is 8.09. The summed E-state index contributed by atoms with van der Waals surface area (Å²) in [5.74, 6) is 2.53. The van der Waals surface area contributed by atoms with Crippen LogP contribution in [-0.4, -0.2) is 70.5 Å². The number of nitriles is 1. The zero-order valence-electron chi connectivity index (χ0n) is 31.3. The van der Waals surface area contributed by atoms with Gasteiger partial charge in [-0.1, -0.05) is 58.6 Å². The van der Waals surface area contributed by atoms with Gasteiger partial charge in [-0.05, 0) is 79.4 Å². The fraction of sp³-hybridized carbons (Fsp3) is 0.268. The Morgan fingerprint density at radius 3 is 2.07 bits per heavy atom. The maximum atomic E-state index is 13.4. The molecule has 0 bridgehead atoms. The summed E-state index contributed by atoms with van der Waals surface area (Å²) in [6.45, 7) is 4.70. The molecule has 1 fully saturated rings. The number of aromatic nitrogens is 9. The minimum absolute atomic E-state index is 0.0464. The van der Waals surface area contributed by atoms with Gasteiger partial charge in [-0.2, -0.15) is 5.26 Å². The second kappa shape index (κ2) is 15.4. The molecule has 1 saturated heterocycles. The molecule has 6 heterocycles. The lowest BCUT2D eigenvalue weighted by atomic mass is 10.1. The van der Waals surface area contributed by atoms with Gasteiger partial charge in [-0.15, -0.1) is 20.4 Å². The summed E-state index contributed by atoms with van der Waals surface area (Å²) in [7, 11) is 3.77. The molecular weight excluding hydrogens is 772 g/mol. The van der Waals surface area contributed by atoms with Crippen molar-refractivity contribution < 1.29 is 0 Å². The summed E-state index contributed by atoms with van der Waals surface area (Å²) in [6.07, 6.45) is 8.33. The number of hydrogen-bond donors (Lipinski definition) is 0. The predicted molar refractivity (Wildman–Crippen MR) is 221 cm³/mol. The van der Waals surface area contributed by atoms with Crippen LogP contribution in [0.15, 0.2) is 99.3 Å². The predicted octanol–water partition coefficient (Wildman–Crippen LogP) is 5.97. The number of hydrogen-bond acceptors (Lipinski definition) is 10. The van der Waals surface area contributed by atoms with Gasteiger partial charge in [0.05, 0.1) is 46.5 Å². The van der Waals surface area contributed by atoms with E-state index in [0.717, 1.165) is 64.1 Å². The highest BCUT2D eigenvalue weighted by atomic mass is 79.9. The molecule has 8 aromatic rings. The molecule has 0 N–H and O–H groups in total. The smallest absolute Gasteiger partial charge is 0.263 e. The van der Waals surface area contributed by atoms with E-state index in [-0.39, 0.29) is 11.1 Å². The van der Waals surface area contributed by atoms with E-state index in [0.29, 0.717) is 46.9 Å². The largest absolute Gasteiger partial charge is 0.347 e. The molecule has 0 aliphatic carbocycles. The van der Waals surface area contributed by atoms with E-state index in [1.54, 1.807) is 33.7 Å². The summed E-state index contributed by atoms with van der Waals surface area (Å²) in [5, 5.41) is 27.8. The van der Waals surface area contributed by atoms with Gasteiger partial charge in [0.1, 0.15) is 0 Å². The second-order valence-electron chi connectivity index (χ2n) is 14.2. The fourth-order valence-corrected chi connectivity index (χ4v) is 7.63. The zero-order valence-corrected chi connectivity index (χ0v) is 32.9. The monoisotopic (exact) mass is 810 g/mol. The van der Waals surface area contributed by atoms with E-state index in [9.17, 15) is 9.59 Å². The van der Waals surface area contributed by atoms with Crippen molar-refractivity contribution in [2.75, 3.05) is 37.0 Å². The highest BCUT2D eigenvalue weighted by molar-refractivity contribution is 9.10. The van der Waals surface area contributed by atoms with Gasteiger partial charge >= 0.3 is 0 Å². The van der Waals surface area contributed by atoms with E-state index < -0.39 is 0 Å². The summed E-state index contributed by atoms with van der Waals surface area (Å²) >= 11 is 3.45. The number of pyridine rings is 1. The SMILES string of the molecule is CN(C)c1nnc2n(Cc3ccc(C#N)cc3)c(=O)c3cc(Br)ccc3n12.Cc1ccc2c(c1)c(=O)n(Cc1cccnc1)c1nnc(N3CCCCCC3)n21. The number of anilines is 2. The Labute approximate surface area is 330 Å². The van der Waals surface area contributed by atoms with Gasteiger partial charge in [-0.3, -0.25) is 23.7 Å². The van der Waals surface area contributed by atoms with Crippen LogP contribution in [0.4, 0.5) is 11.9 Å². The number of nitrogens with zero attached hydrogens (tertiary/aromatic N) is 12. The molecule has 0 radical (unpaired) electrons. The lowest BCUT2D eigenvalue weighted by Crippen LogP contribution is -2.28. The Balaban J connectivity index is 0.000000158. The first-order valence-electron chi connectivity index (χ1n) is 18.5. The van der Waals surface area contributed by atoms with Gasteiger partial charge in [0.2, 0.25) is 23.5 Å². The molecule has 1 aliphatic heterocycles. The van der Waals surface area contributed by atoms with Crippen molar-refractivity contribution in [3.05, 3.63) is 133 Å². The van der Waals surface area contributed by atoms with Gasteiger partial charge < -0.3 is 9.80 Å². The van der Waals surface area contributed by atoms with E-state index >= 15 is 0 Å². The molecule has 0 spiro atoms. The molecule has 9 rings (SSSR count). The number of halogens is 1. The Morgan fingerprint density at radius 2 is 1.39 bits per heavy atom. The first-order valence-corrected chi connectivity index (χ1v) is 19.3. The highest BCUT2D eigenvalue weighted by Gasteiger charge is 2.22. The average Bonchev–Trinajstić information content (AvgIpc) is 3.76. The molecule has 0 saturated carbocycles. The van der Waals surface area contributed by atoms with Crippen LogP contribution in [0.1, 0.15) is 47.9 Å². The minimum Gasteiger partial charge on any atom is -0.347 e. The van der Waals surface area contributed by atoms with Crippen LogP contribution in [0, 0.1) is 18.3 Å². The minimum atomic E-state index is -0.138. The van der Waals surface area contributed by atoms with Crippen molar-refractivity contribution in [1.82, 2.24) is 43.3 Å². The Kier molecular flexibility index (Phi) is 10.0. The maximum Gasteiger partial charge on any atom is 0.263 e. The third-order valence-corrected chi connectivity index (χ3v) is 10.6. The van der Waals surface area contributed by atoms with Gasteiger partial charge in [0, 0.05) is 44.1 Å². The number of fused-ring (bicyclic) bond motifs is 6. The molecule has 15 heteroatoms. The molecule has 1 aliphatic rings. The van der Waals surface area contributed by atoms with Crippen molar-refractivity contribution in [2.45, 2.75) is 45.7 Å². The first kappa shape index (κ1) is 36.6. The third-order valence-electron chi connectivity index (χ3n) is 10.1. The van der Waals surface area contributed by atoms with Gasteiger partial charge in [-0.25, -0.2) is 8.80 Å². The van der Waals surface area contributed by atoms with Crippen LogP contribution in [0.25, 0.3) is 33.4 Å². The zero-order chi connectivity index (χ0) is 38.9. The molecule has 282 valence electrons. The van der Waals surface area contributed by atoms with Crippen molar-refractivity contribution in [3.63, 3.8) is 0 Å². The van der Waals surface area contributed by atoms with Crippen LogP contribution in [0.2, 0.25) is 0 Å². The number of aryl methyl sites for hydroxylation is 1. The summed E-state index contributed by atoms with van der Waals surface area (Å²) in [5.41, 5.74) is 4.94. The van der Waals surface area contributed by atoms with Crippen LogP contribution < -0.4 is 20.9 Å². The lowest BCUT2D eigenvalue weighted by Gasteiger charge is -2.21. The Hall–Kier alpha value is -6.40. The molecule has 56 heavy (non-hydrogen) atoms. The molecule has 0 amide bonds. The quantitative estimate of drug-likeness (QED) is 0.197. The standard InChI is InChI=1S/C22H24N6O.C19H15BrN6O/c1-16-8-9-19-18(13-16)20(29)27(15-17-7-6-10-23-14-17)22-25-24-21(28(19)22)26-11-4-2-3-5-12-26;1-24(2)18-22-23-19-25(11-13-5-3-12(10-21)4-6-13)17(27)15-9-14(20)7-8-16(15)26(18)19/h6-10,13-14H,2-5,11-12,15H2,1H3;3-9H,11H2,1-2H3. The second-order valence-corrected chi connectivity index (χ2v) is 15.1. The van der Waals surface area contributed by atoms with E-state index in [4.69, 9.17) is 5.26 Å². The molecule has 5 aromatic heterocycles. The average molecular weight is 812 g/mol. The van der Waals surface area contributed by atoms with Crippen LogP contribution >= 0.6 is 15.9 Å². The Morgan fingerprint density at radius 1 is 0.750 bits per heavy atom. The van der Waals surface area contributed by atoms with Crippen molar-refractivity contribution in [2.24, 2.45) is 0 Å². The van der Waals surface area contributed by atoms with E-state index in [2.05, 4.69) is 56.7 Å². The number of rotatable bonds is 6. The lowest BCUT2D eigenvalue weighted by molar-refractivity contribution is 0.726. The number of benzene rings is 3. The molecule has 14 nitrogen and oxygen atoms in total. The maximum absolute atomic E-state index is 13.4. The summed E-state index contributed by atoms with van der Waals surface area (Å²) in [4.78, 5) is 34.9. The molecular formula is C41H39BrN12O2. The van der Waals surface area contributed by atoms with Crippen molar-refractivity contribution >= 4 is 61.2 Å². The first-order chi connectivity index (χ1) is 27.2. The van der Waals surface area contributed by atoms with Crippen LogP contribution in [0.3, 0.4) is 0 Å². The highest BCUT2D eigenvalue weighted by Crippen LogP contribution is 2.25. The molecule has 0 unspecified atom stereocenters. The van der Waals surface area contributed by atoms with Crippen molar-refractivity contribution in [1.29, 1.82) is 5.26 Å². The molecule has 0 atom stereocenters. The van der Waals surface area contributed by atoms with E-state index in [1.807, 2.05) is 91.0 Å². The van der Waals surface area contributed by atoms with E-state index in [1.165, 1.54) is 12.8 Å². The summed E-state index contributed by atoms with van der Waals surface area (Å²) in [6, 6.07) is 24.7. The van der Waals surface area contributed by atoms with Gasteiger partial charge in [0.15, 0.2) is 0 Å². The third kappa shape index (κ3) is 6.88. The fourth-order valence-electron chi connectivity index (χ4n) is 7.27. The van der Waals surface area contributed by atoms with Crippen LogP contribution in [0.5, 0.6) is 0 Å². The normalized spacial score (nSPS) is 13.2. The topological polar surface area (TPSA) is 148 Å². The Bertz CT molecular complexity index is 2880. The molecule has 3 aromatic carbocycles.